The van der Waals surface area contributed by atoms with Crippen molar-refractivity contribution in [3.63, 3.8) is 0 Å². The van der Waals surface area contributed by atoms with Crippen molar-refractivity contribution in [1.82, 2.24) is 19.3 Å². The van der Waals surface area contributed by atoms with Gasteiger partial charge in [0.25, 0.3) is 5.91 Å². The van der Waals surface area contributed by atoms with Crippen molar-refractivity contribution in [2.45, 2.75) is 71.4 Å². The van der Waals surface area contributed by atoms with Gasteiger partial charge in [0.15, 0.2) is 11.7 Å². The molecule has 0 aliphatic carbocycles. The number of rotatable bonds is 9. The van der Waals surface area contributed by atoms with Gasteiger partial charge >= 0.3 is 17.9 Å². The minimum Gasteiger partial charge on any atom is -0.436 e. The van der Waals surface area contributed by atoms with Gasteiger partial charge in [-0.25, -0.2) is 14.4 Å². The first-order valence-electron chi connectivity index (χ1n) is 16.0. The second-order valence-corrected chi connectivity index (χ2v) is 12.6. The number of amides is 4. The van der Waals surface area contributed by atoms with E-state index in [1.807, 2.05) is 49.1 Å². The molecule has 11 heteroatoms. The maximum Gasteiger partial charge on any atom is 0.419 e. The highest BCUT2D eigenvalue weighted by atomic mass is 16.6. The van der Waals surface area contributed by atoms with E-state index in [1.165, 1.54) is 9.47 Å². The molecule has 0 bridgehead atoms. The number of ether oxygens (including phenoxy) is 1. The van der Waals surface area contributed by atoms with Gasteiger partial charge in [-0.15, -0.1) is 0 Å². The summed E-state index contributed by atoms with van der Waals surface area (Å²) in [5.41, 5.74) is 4.65. The van der Waals surface area contributed by atoms with Gasteiger partial charge in [-0.2, -0.15) is 0 Å². The fourth-order valence-electron chi connectivity index (χ4n) is 6.49. The number of urea groups is 1. The van der Waals surface area contributed by atoms with Crippen LogP contribution >= 0.6 is 0 Å². The van der Waals surface area contributed by atoms with Crippen molar-refractivity contribution in [2.75, 3.05) is 38.5 Å². The molecule has 2 aliphatic rings. The maximum atomic E-state index is 13.8. The monoisotopic (exact) mass is 619 g/mol. The Morgan fingerprint density at radius 2 is 1.87 bits per heavy atom. The molecule has 2 atom stereocenters. The van der Waals surface area contributed by atoms with E-state index in [9.17, 15) is 19.2 Å². The summed E-state index contributed by atoms with van der Waals surface area (Å²) < 4.78 is 12.8. The molecule has 0 radical (unpaired) electrons. The summed E-state index contributed by atoms with van der Waals surface area (Å²) in [4.78, 5) is 57.5. The van der Waals surface area contributed by atoms with Crippen LogP contribution in [0.2, 0.25) is 0 Å². The van der Waals surface area contributed by atoms with Gasteiger partial charge in [-0.3, -0.25) is 9.36 Å². The van der Waals surface area contributed by atoms with Crippen LogP contribution in [0.1, 0.15) is 56.2 Å². The number of benzene rings is 2. The minimum absolute atomic E-state index is 0.0717. The largest absolute Gasteiger partial charge is 0.436 e. The van der Waals surface area contributed by atoms with Gasteiger partial charge in [0.2, 0.25) is 0 Å². The van der Waals surface area contributed by atoms with E-state index >= 15 is 0 Å². The van der Waals surface area contributed by atoms with Crippen molar-refractivity contribution in [1.29, 1.82) is 0 Å². The normalized spacial score (nSPS) is 17.0. The summed E-state index contributed by atoms with van der Waals surface area (Å²) in [6.07, 6.45) is 2.39. The highest BCUT2D eigenvalue weighted by molar-refractivity contribution is 5.91. The predicted molar refractivity (Wildman–Crippen MR) is 172 cm³/mol. The summed E-state index contributed by atoms with van der Waals surface area (Å²) in [5.74, 6) is -0.136. The topological polar surface area (TPSA) is 117 Å². The van der Waals surface area contributed by atoms with Crippen molar-refractivity contribution in [3.05, 3.63) is 63.6 Å². The zero-order valence-electron chi connectivity index (χ0n) is 27.0. The van der Waals surface area contributed by atoms with Crippen LogP contribution in [0.3, 0.4) is 0 Å². The Morgan fingerprint density at radius 1 is 1.13 bits per heavy atom. The van der Waals surface area contributed by atoms with Gasteiger partial charge in [-0.1, -0.05) is 38.1 Å². The van der Waals surface area contributed by atoms with Crippen molar-refractivity contribution in [2.24, 2.45) is 13.0 Å². The number of aryl methyl sites for hydroxylation is 2. The number of carbonyl (C=O) groups is 3. The van der Waals surface area contributed by atoms with E-state index in [0.29, 0.717) is 49.6 Å². The van der Waals surface area contributed by atoms with Crippen LogP contribution < -0.4 is 11.1 Å². The van der Waals surface area contributed by atoms with Crippen LogP contribution in [0.5, 0.6) is 0 Å². The zero-order chi connectivity index (χ0) is 32.2. The Labute approximate surface area is 264 Å². The molecule has 2 aliphatic heterocycles. The standard InChI is InChI=1S/C34H45N5O6/c1-6-26(39-18-13-25-9-7-8-10-27(25)35-32(39)41)14-15-36(4)33(42)45-29(31(40)38-16-11-22(2)12-17-38)21-24-19-23(3)30-28(20-24)44-34(43)37(30)5/h7-10,19-20,22,26,29H,6,11-18,21H2,1-5H3,(H,35,41)/t26?,29-/m1/s1. The van der Waals surface area contributed by atoms with Crippen LogP contribution in [0.4, 0.5) is 15.3 Å². The highest BCUT2D eigenvalue weighted by Gasteiger charge is 2.32. The van der Waals surface area contributed by atoms with Gasteiger partial charge in [0.1, 0.15) is 0 Å². The molecule has 3 aromatic rings. The number of nitrogens with zero attached hydrogens (tertiary/aromatic N) is 4. The van der Waals surface area contributed by atoms with Gasteiger partial charge in [-0.05, 0) is 73.8 Å². The third-order valence-corrected chi connectivity index (χ3v) is 9.33. The maximum absolute atomic E-state index is 13.8. The van der Waals surface area contributed by atoms with Gasteiger partial charge in [0.05, 0.1) is 5.52 Å². The highest BCUT2D eigenvalue weighted by Crippen LogP contribution is 2.25. The fourth-order valence-corrected chi connectivity index (χ4v) is 6.49. The number of anilines is 1. The molecule has 1 aromatic heterocycles. The quantitative estimate of drug-likeness (QED) is 0.363. The van der Waals surface area contributed by atoms with Crippen molar-refractivity contribution >= 4 is 34.8 Å². The number of carbonyl (C=O) groups excluding carboxylic acids is 3. The van der Waals surface area contributed by atoms with Crippen LogP contribution in [-0.2, 0) is 29.4 Å². The Bertz CT molecular complexity index is 1600. The molecular formula is C34H45N5O6. The lowest BCUT2D eigenvalue weighted by molar-refractivity contribution is -0.142. The summed E-state index contributed by atoms with van der Waals surface area (Å²) >= 11 is 0. The third-order valence-electron chi connectivity index (χ3n) is 9.33. The smallest absolute Gasteiger partial charge is 0.419 e. The molecule has 11 nitrogen and oxygen atoms in total. The lowest BCUT2D eigenvalue weighted by atomic mass is 9.98. The molecule has 3 heterocycles. The molecule has 1 fully saturated rings. The summed E-state index contributed by atoms with van der Waals surface area (Å²) in [6.45, 7) is 8.29. The van der Waals surface area contributed by atoms with Crippen LogP contribution in [0.25, 0.3) is 11.1 Å². The Balaban J connectivity index is 1.27. The van der Waals surface area contributed by atoms with Crippen LogP contribution in [0, 0.1) is 12.8 Å². The Morgan fingerprint density at radius 3 is 2.60 bits per heavy atom. The van der Waals surface area contributed by atoms with E-state index in [2.05, 4.69) is 12.2 Å². The zero-order valence-corrected chi connectivity index (χ0v) is 27.0. The molecule has 4 amide bonds. The number of para-hydroxylation sites is 1. The number of nitrogens with one attached hydrogen (secondary N) is 1. The molecule has 0 spiro atoms. The number of aromatic nitrogens is 1. The van der Waals surface area contributed by atoms with Crippen molar-refractivity contribution in [3.8, 4) is 0 Å². The number of hydrogen-bond acceptors (Lipinski definition) is 6. The number of piperidine rings is 1. The first kappa shape index (κ1) is 32.1. The Kier molecular flexibility index (Phi) is 9.84. The first-order valence-corrected chi connectivity index (χ1v) is 16.0. The summed E-state index contributed by atoms with van der Waals surface area (Å²) in [6, 6.07) is 11.3. The van der Waals surface area contributed by atoms with Gasteiger partial charge < -0.3 is 29.2 Å². The van der Waals surface area contributed by atoms with Crippen LogP contribution in [0.15, 0.2) is 45.6 Å². The average Bonchev–Trinajstić information content (AvgIpc) is 3.20. The third kappa shape index (κ3) is 7.18. The van der Waals surface area contributed by atoms with E-state index in [4.69, 9.17) is 9.15 Å². The fraction of sp³-hybridized carbons (Fsp3) is 0.529. The van der Waals surface area contributed by atoms with E-state index in [-0.39, 0.29) is 24.4 Å². The molecule has 5 rings (SSSR count). The lowest BCUT2D eigenvalue weighted by Gasteiger charge is -2.34. The Hall–Kier alpha value is -4.28. The van der Waals surface area contributed by atoms with Crippen molar-refractivity contribution < 1.29 is 23.5 Å². The molecule has 45 heavy (non-hydrogen) atoms. The van der Waals surface area contributed by atoms with Gasteiger partial charge in [0, 0.05) is 58.4 Å². The van der Waals surface area contributed by atoms with E-state index in [0.717, 1.165) is 48.1 Å². The second kappa shape index (κ2) is 13.8. The molecule has 1 unspecified atom stereocenters. The first-order chi connectivity index (χ1) is 21.5. The molecule has 242 valence electrons. The predicted octanol–water partition coefficient (Wildman–Crippen LogP) is 4.94. The SMILES string of the molecule is CCC(CCN(C)C(=O)O[C@H](Cc1cc(C)c2c(c1)oc(=O)n2C)C(=O)N1CCC(C)CC1)N1CCc2ccccc2NC1=O. The number of hydrogen-bond donors (Lipinski definition) is 1. The number of fused-ring (bicyclic) bond motifs is 2. The number of likely N-dealkylation sites (tertiary alicyclic amines) is 1. The molecule has 2 aromatic carbocycles. The molecule has 1 saturated heterocycles. The van der Waals surface area contributed by atoms with Crippen LogP contribution in [-0.4, -0.2) is 82.7 Å². The average molecular weight is 620 g/mol. The second-order valence-electron chi connectivity index (χ2n) is 12.6. The number of oxazole rings is 1. The molecule has 1 N–H and O–H groups in total. The van der Waals surface area contributed by atoms with E-state index in [1.54, 1.807) is 25.1 Å². The molecular weight excluding hydrogens is 574 g/mol. The summed E-state index contributed by atoms with van der Waals surface area (Å²) in [7, 11) is 3.32. The van der Waals surface area contributed by atoms with E-state index < -0.39 is 18.0 Å². The lowest BCUT2D eigenvalue weighted by Crippen LogP contribution is -2.47. The summed E-state index contributed by atoms with van der Waals surface area (Å²) in [5, 5.41) is 3.03. The molecule has 0 saturated carbocycles. The minimum atomic E-state index is -1.03.